The minimum Gasteiger partial charge on any atom is -0.340 e. The lowest BCUT2D eigenvalue weighted by molar-refractivity contribution is -0.143. The van der Waals surface area contributed by atoms with E-state index in [9.17, 15) is 9.59 Å². The first-order valence-corrected chi connectivity index (χ1v) is 7.98. The number of hydrogen-bond acceptors (Lipinski definition) is 4. The van der Waals surface area contributed by atoms with E-state index < -0.39 is 0 Å². The molecule has 2 amide bonds. The van der Waals surface area contributed by atoms with E-state index >= 15 is 0 Å². The van der Waals surface area contributed by atoms with E-state index in [1.54, 1.807) is 18.2 Å². The van der Waals surface area contributed by atoms with E-state index in [-0.39, 0.29) is 23.8 Å². The molecule has 0 aromatic carbocycles. The van der Waals surface area contributed by atoms with Crippen LogP contribution in [-0.2, 0) is 16.6 Å². The standard InChI is InChI=1S/C15H23N5O2/c1-11(21)20-8-4-6-13(20)15(22)19-7-3-5-12(9-19)14-17-16-10-18(14)2/h10,12-13H,3-9H2,1-2H3/t12?,13-/m0/s1. The summed E-state index contributed by atoms with van der Waals surface area (Å²) in [5.74, 6) is 1.27. The third kappa shape index (κ3) is 2.71. The van der Waals surface area contributed by atoms with E-state index in [4.69, 9.17) is 0 Å². The molecular formula is C15H23N5O2. The normalized spacial score (nSPS) is 25.5. The van der Waals surface area contributed by atoms with Crippen LogP contribution in [-0.4, -0.2) is 62.1 Å². The average Bonchev–Trinajstić information content (AvgIpc) is 3.15. The lowest BCUT2D eigenvalue weighted by Crippen LogP contribution is -2.50. The number of piperidine rings is 1. The number of likely N-dealkylation sites (tertiary alicyclic amines) is 2. The van der Waals surface area contributed by atoms with Gasteiger partial charge in [-0.05, 0) is 25.7 Å². The number of nitrogens with zero attached hydrogens (tertiary/aromatic N) is 5. The number of carbonyl (C=O) groups is 2. The summed E-state index contributed by atoms with van der Waals surface area (Å²) in [4.78, 5) is 28.1. The van der Waals surface area contributed by atoms with Crippen LogP contribution in [0.1, 0.15) is 44.3 Å². The average molecular weight is 305 g/mol. The molecule has 120 valence electrons. The molecule has 0 saturated carbocycles. The Kier molecular flexibility index (Phi) is 4.13. The second-order valence-electron chi connectivity index (χ2n) is 6.29. The summed E-state index contributed by atoms with van der Waals surface area (Å²) in [5, 5.41) is 8.12. The third-order valence-electron chi connectivity index (χ3n) is 4.79. The second-order valence-corrected chi connectivity index (χ2v) is 6.29. The van der Waals surface area contributed by atoms with Crippen LogP contribution in [0, 0.1) is 0 Å². The summed E-state index contributed by atoms with van der Waals surface area (Å²) in [6.07, 6.45) is 5.39. The quantitative estimate of drug-likeness (QED) is 0.799. The smallest absolute Gasteiger partial charge is 0.245 e. The Bertz CT molecular complexity index is 570. The van der Waals surface area contributed by atoms with Crippen molar-refractivity contribution in [2.45, 2.75) is 44.6 Å². The Morgan fingerprint density at radius 2 is 2.00 bits per heavy atom. The van der Waals surface area contributed by atoms with Crippen molar-refractivity contribution in [3.8, 4) is 0 Å². The van der Waals surface area contributed by atoms with Gasteiger partial charge in [-0.15, -0.1) is 10.2 Å². The molecule has 1 aromatic rings. The van der Waals surface area contributed by atoms with Crippen molar-refractivity contribution >= 4 is 11.8 Å². The Hall–Kier alpha value is -1.92. The molecule has 2 atom stereocenters. The highest BCUT2D eigenvalue weighted by atomic mass is 16.2. The maximum absolute atomic E-state index is 12.8. The van der Waals surface area contributed by atoms with Gasteiger partial charge in [0.25, 0.3) is 0 Å². The van der Waals surface area contributed by atoms with Crippen molar-refractivity contribution < 1.29 is 9.59 Å². The first-order valence-electron chi connectivity index (χ1n) is 7.98. The van der Waals surface area contributed by atoms with E-state index in [1.807, 2.05) is 16.5 Å². The van der Waals surface area contributed by atoms with E-state index in [0.717, 1.165) is 38.1 Å². The van der Waals surface area contributed by atoms with Gasteiger partial charge in [-0.2, -0.15) is 0 Å². The fourth-order valence-electron chi connectivity index (χ4n) is 3.66. The van der Waals surface area contributed by atoms with Crippen molar-refractivity contribution in [3.05, 3.63) is 12.2 Å². The van der Waals surface area contributed by atoms with Gasteiger partial charge in [0.05, 0.1) is 0 Å². The molecule has 0 radical (unpaired) electrons. The zero-order valence-electron chi connectivity index (χ0n) is 13.2. The van der Waals surface area contributed by atoms with Gasteiger partial charge in [0.2, 0.25) is 11.8 Å². The minimum absolute atomic E-state index is 0.00212. The van der Waals surface area contributed by atoms with Crippen LogP contribution in [0.4, 0.5) is 0 Å². The van der Waals surface area contributed by atoms with Crippen LogP contribution in [0.3, 0.4) is 0 Å². The maximum Gasteiger partial charge on any atom is 0.245 e. The van der Waals surface area contributed by atoms with E-state index in [2.05, 4.69) is 10.2 Å². The molecular weight excluding hydrogens is 282 g/mol. The lowest BCUT2D eigenvalue weighted by atomic mass is 9.96. The zero-order valence-corrected chi connectivity index (χ0v) is 13.2. The fraction of sp³-hybridized carbons (Fsp3) is 0.733. The molecule has 1 aromatic heterocycles. The maximum atomic E-state index is 12.8. The molecule has 3 heterocycles. The predicted octanol–water partition coefficient (Wildman–Crippen LogP) is 0.532. The SMILES string of the molecule is CC(=O)N1CCC[C@H]1C(=O)N1CCCC(c2nncn2C)C1. The molecule has 0 spiro atoms. The van der Waals surface area contributed by atoms with E-state index in [1.165, 1.54) is 0 Å². The van der Waals surface area contributed by atoms with Crippen molar-refractivity contribution in [2.24, 2.45) is 7.05 Å². The summed E-state index contributed by atoms with van der Waals surface area (Å²) in [6, 6.07) is -0.268. The Balaban J connectivity index is 1.70. The highest BCUT2D eigenvalue weighted by Gasteiger charge is 2.37. The molecule has 0 bridgehead atoms. The van der Waals surface area contributed by atoms with E-state index in [0.29, 0.717) is 13.1 Å². The molecule has 3 rings (SSSR count). The van der Waals surface area contributed by atoms with Gasteiger partial charge in [-0.3, -0.25) is 9.59 Å². The molecule has 0 aliphatic carbocycles. The number of aromatic nitrogens is 3. The highest BCUT2D eigenvalue weighted by molar-refractivity contribution is 5.87. The number of aryl methyl sites for hydroxylation is 1. The van der Waals surface area contributed by atoms with Crippen molar-refractivity contribution in [1.29, 1.82) is 0 Å². The number of carbonyl (C=O) groups excluding carboxylic acids is 2. The van der Waals surface area contributed by atoms with Gasteiger partial charge in [0.15, 0.2) is 0 Å². The summed E-state index contributed by atoms with van der Waals surface area (Å²) in [6.45, 7) is 3.69. The van der Waals surface area contributed by atoms with Crippen molar-refractivity contribution in [2.75, 3.05) is 19.6 Å². The molecule has 0 N–H and O–H groups in total. The number of amides is 2. The second kappa shape index (κ2) is 6.06. The third-order valence-corrected chi connectivity index (χ3v) is 4.79. The van der Waals surface area contributed by atoms with Crippen molar-refractivity contribution in [3.63, 3.8) is 0 Å². The highest BCUT2D eigenvalue weighted by Crippen LogP contribution is 2.27. The molecule has 22 heavy (non-hydrogen) atoms. The summed E-state index contributed by atoms with van der Waals surface area (Å²) < 4.78 is 1.93. The zero-order chi connectivity index (χ0) is 15.7. The van der Waals surface area contributed by atoms with Crippen LogP contribution < -0.4 is 0 Å². The van der Waals surface area contributed by atoms with Gasteiger partial charge in [0.1, 0.15) is 18.2 Å². The molecule has 2 aliphatic heterocycles. The molecule has 2 saturated heterocycles. The largest absolute Gasteiger partial charge is 0.340 e. The van der Waals surface area contributed by atoms with Crippen molar-refractivity contribution in [1.82, 2.24) is 24.6 Å². The Morgan fingerprint density at radius 3 is 2.68 bits per heavy atom. The lowest BCUT2D eigenvalue weighted by Gasteiger charge is -2.35. The van der Waals surface area contributed by atoms with Crippen LogP contribution in [0.5, 0.6) is 0 Å². The first-order chi connectivity index (χ1) is 10.6. The predicted molar refractivity (Wildman–Crippen MR) is 80.0 cm³/mol. The minimum atomic E-state index is -0.268. The van der Waals surface area contributed by atoms with Crippen LogP contribution >= 0.6 is 0 Å². The number of hydrogen-bond donors (Lipinski definition) is 0. The summed E-state index contributed by atoms with van der Waals surface area (Å²) in [5.41, 5.74) is 0. The Morgan fingerprint density at radius 1 is 1.23 bits per heavy atom. The number of rotatable bonds is 2. The van der Waals surface area contributed by atoms with Gasteiger partial charge >= 0.3 is 0 Å². The van der Waals surface area contributed by atoms with Gasteiger partial charge < -0.3 is 14.4 Å². The summed E-state index contributed by atoms with van der Waals surface area (Å²) in [7, 11) is 1.94. The molecule has 1 unspecified atom stereocenters. The molecule has 7 heteroatoms. The van der Waals surface area contributed by atoms with Crippen LogP contribution in [0.2, 0.25) is 0 Å². The first kappa shape index (κ1) is 15.0. The van der Waals surface area contributed by atoms with Crippen LogP contribution in [0.15, 0.2) is 6.33 Å². The monoisotopic (exact) mass is 305 g/mol. The Labute approximate surface area is 130 Å². The topological polar surface area (TPSA) is 71.3 Å². The van der Waals surface area contributed by atoms with Crippen LogP contribution in [0.25, 0.3) is 0 Å². The van der Waals surface area contributed by atoms with Gasteiger partial charge in [-0.25, -0.2) is 0 Å². The molecule has 7 nitrogen and oxygen atoms in total. The fourth-order valence-corrected chi connectivity index (χ4v) is 3.66. The molecule has 2 fully saturated rings. The molecule has 2 aliphatic rings. The van der Waals surface area contributed by atoms with Gasteiger partial charge in [0, 0.05) is 39.5 Å². The van der Waals surface area contributed by atoms with Gasteiger partial charge in [-0.1, -0.05) is 0 Å². The summed E-state index contributed by atoms with van der Waals surface area (Å²) >= 11 is 0.